The molecule has 1 aromatic carbocycles. The zero-order valence-corrected chi connectivity index (χ0v) is 29.8. The number of benzene rings is 1. The predicted molar refractivity (Wildman–Crippen MR) is 181 cm³/mol. The van der Waals surface area contributed by atoms with E-state index in [2.05, 4.69) is 15.4 Å². The van der Waals surface area contributed by atoms with Gasteiger partial charge in [-0.05, 0) is 64.9 Å². The van der Waals surface area contributed by atoms with Gasteiger partial charge in [-0.3, -0.25) is 23.9 Å². The molecule has 2 heterocycles. The number of hydrogen-bond donors (Lipinski definition) is 3. The number of carbonyl (C=O) groups is 5. The normalized spacial score (nSPS) is 28.8. The van der Waals surface area contributed by atoms with E-state index in [0.29, 0.717) is 25.7 Å². The van der Waals surface area contributed by atoms with Gasteiger partial charge >= 0.3 is 12.1 Å². The molecule has 1 saturated heterocycles. The van der Waals surface area contributed by atoms with Gasteiger partial charge < -0.3 is 29.7 Å². The van der Waals surface area contributed by atoms with Gasteiger partial charge in [-0.15, -0.1) is 0 Å². The van der Waals surface area contributed by atoms with E-state index in [1.165, 1.54) is 4.90 Å². The standard InChI is InChI=1S/C35H48N4O10S/c1-5-26(22-11-7-6-8-12-22)31(42)48-24-19-28-29(40)37-35(32(43)38-50(45,46)25-15-16-25)20-23(35)13-9-17-47-18-10-14-27(30(41)39(28)21-24)36-33(44)49-34(2,3)4/h6-9,11-13,23-28H,5,10,14-21H2,1-4H3,(H,36,44)(H,37,40)(H,38,43)/b13-9+. The fourth-order valence-electron chi connectivity index (χ4n) is 6.48. The third kappa shape index (κ3) is 9.02. The molecule has 0 bridgehead atoms. The van der Waals surface area contributed by atoms with Gasteiger partial charge in [0.2, 0.25) is 21.8 Å². The highest BCUT2D eigenvalue weighted by atomic mass is 32.2. The van der Waals surface area contributed by atoms with Crippen molar-refractivity contribution in [3.05, 3.63) is 48.0 Å². The van der Waals surface area contributed by atoms with Crippen LogP contribution in [0, 0.1) is 5.92 Å². The van der Waals surface area contributed by atoms with Gasteiger partial charge in [-0.25, -0.2) is 13.2 Å². The lowest BCUT2D eigenvalue weighted by Crippen LogP contribution is -2.58. The summed E-state index contributed by atoms with van der Waals surface area (Å²) in [6.45, 7) is 7.23. The second-order valence-electron chi connectivity index (χ2n) is 14.5. The Morgan fingerprint density at radius 1 is 1.12 bits per heavy atom. The molecule has 0 aromatic heterocycles. The Morgan fingerprint density at radius 3 is 2.50 bits per heavy atom. The second-order valence-corrected chi connectivity index (χ2v) is 16.4. The Labute approximate surface area is 293 Å². The number of carbonyl (C=O) groups excluding carboxylic acids is 5. The lowest BCUT2D eigenvalue weighted by atomic mass is 9.97. The summed E-state index contributed by atoms with van der Waals surface area (Å²) in [5, 5.41) is 4.76. The number of amides is 4. The molecule has 0 radical (unpaired) electrons. The monoisotopic (exact) mass is 716 g/mol. The Kier molecular flexibility index (Phi) is 11.3. The highest BCUT2D eigenvalue weighted by molar-refractivity contribution is 7.91. The second kappa shape index (κ2) is 15.1. The van der Waals surface area contributed by atoms with Gasteiger partial charge in [0.1, 0.15) is 29.3 Å². The summed E-state index contributed by atoms with van der Waals surface area (Å²) < 4.78 is 44.7. The first-order valence-corrected chi connectivity index (χ1v) is 18.9. The molecule has 6 atom stereocenters. The minimum absolute atomic E-state index is 0.0740. The summed E-state index contributed by atoms with van der Waals surface area (Å²) >= 11 is 0. The van der Waals surface area contributed by atoms with Crippen LogP contribution in [0.1, 0.15) is 84.1 Å². The summed E-state index contributed by atoms with van der Waals surface area (Å²) in [4.78, 5) is 69.5. The van der Waals surface area contributed by atoms with Crippen molar-refractivity contribution < 1.29 is 46.6 Å². The molecule has 5 rings (SSSR count). The van der Waals surface area contributed by atoms with Crippen molar-refractivity contribution in [2.24, 2.45) is 5.92 Å². The van der Waals surface area contributed by atoms with Crippen LogP contribution in [0.2, 0.25) is 0 Å². The molecule has 2 aliphatic heterocycles. The quantitative estimate of drug-likeness (QED) is 0.267. The molecule has 15 heteroatoms. The van der Waals surface area contributed by atoms with Crippen molar-refractivity contribution in [2.75, 3.05) is 19.8 Å². The first-order valence-electron chi connectivity index (χ1n) is 17.3. The van der Waals surface area contributed by atoms with Gasteiger partial charge in [0.15, 0.2) is 0 Å². The van der Waals surface area contributed by atoms with E-state index in [4.69, 9.17) is 14.2 Å². The first-order chi connectivity index (χ1) is 23.6. The maximum Gasteiger partial charge on any atom is 0.408 e. The Hall–Kier alpha value is -3.98. The van der Waals surface area contributed by atoms with Crippen LogP contribution in [-0.2, 0) is 43.4 Å². The number of sulfonamides is 1. The van der Waals surface area contributed by atoms with E-state index in [9.17, 15) is 32.4 Å². The van der Waals surface area contributed by atoms with Crippen molar-refractivity contribution >= 4 is 39.8 Å². The largest absolute Gasteiger partial charge is 0.460 e. The van der Waals surface area contributed by atoms with Crippen LogP contribution in [0.25, 0.3) is 0 Å². The fraction of sp³-hybridized carbons (Fsp3) is 0.629. The van der Waals surface area contributed by atoms with E-state index >= 15 is 0 Å². The number of rotatable bonds is 8. The Balaban J connectivity index is 1.42. The van der Waals surface area contributed by atoms with Crippen molar-refractivity contribution in [1.29, 1.82) is 0 Å². The molecule has 2 aliphatic carbocycles. The first kappa shape index (κ1) is 37.3. The number of ether oxygens (including phenoxy) is 3. The highest BCUT2D eigenvalue weighted by Gasteiger charge is 2.62. The van der Waals surface area contributed by atoms with Crippen LogP contribution in [0.15, 0.2) is 42.5 Å². The van der Waals surface area contributed by atoms with E-state index in [1.54, 1.807) is 32.9 Å². The number of nitrogens with zero attached hydrogens (tertiary/aromatic N) is 1. The summed E-state index contributed by atoms with van der Waals surface area (Å²) in [7, 11) is -3.92. The summed E-state index contributed by atoms with van der Waals surface area (Å²) in [5.74, 6) is -3.75. The van der Waals surface area contributed by atoms with Gasteiger partial charge in [-0.1, -0.05) is 49.4 Å². The number of fused-ring (bicyclic) bond motifs is 2. The minimum atomic E-state index is -3.92. The molecule has 3 fully saturated rings. The number of alkyl carbamates (subject to hydrolysis) is 1. The Morgan fingerprint density at radius 2 is 1.84 bits per heavy atom. The smallest absolute Gasteiger partial charge is 0.408 e. The lowest BCUT2D eigenvalue weighted by Gasteiger charge is -2.30. The highest BCUT2D eigenvalue weighted by Crippen LogP contribution is 2.46. The van der Waals surface area contributed by atoms with E-state index < -0.39 is 86.2 Å². The fourth-order valence-corrected chi connectivity index (χ4v) is 7.84. The third-order valence-electron chi connectivity index (χ3n) is 9.34. The maximum atomic E-state index is 14.3. The number of hydrogen-bond acceptors (Lipinski definition) is 10. The van der Waals surface area contributed by atoms with Crippen LogP contribution >= 0.6 is 0 Å². The molecule has 14 nitrogen and oxygen atoms in total. The molecule has 50 heavy (non-hydrogen) atoms. The van der Waals surface area contributed by atoms with E-state index in [0.717, 1.165) is 5.56 Å². The molecule has 3 N–H and O–H groups in total. The van der Waals surface area contributed by atoms with Crippen LogP contribution in [0.3, 0.4) is 0 Å². The van der Waals surface area contributed by atoms with E-state index in [-0.39, 0.29) is 39.0 Å². The third-order valence-corrected chi connectivity index (χ3v) is 11.2. The van der Waals surface area contributed by atoms with Crippen LogP contribution < -0.4 is 15.4 Å². The molecule has 0 spiro atoms. The van der Waals surface area contributed by atoms with E-state index in [1.807, 2.05) is 37.3 Å². The number of esters is 1. The number of nitrogens with one attached hydrogen (secondary N) is 3. The average molecular weight is 717 g/mol. The molecular weight excluding hydrogens is 668 g/mol. The van der Waals surface area contributed by atoms with Crippen LogP contribution in [0.4, 0.5) is 4.79 Å². The van der Waals surface area contributed by atoms with Crippen LogP contribution in [0.5, 0.6) is 0 Å². The average Bonchev–Trinajstić information content (AvgIpc) is 3.96. The van der Waals surface area contributed by atoms with Gasteiger partial charge in [0.25, 0.3) is 5.91 Å². The molecule has 274 valence electrons. The lowest BCUT2D eigenvalue weighted by molar-refractivity contribution is -0.151. The van der Waals surface area contributed by atoms with Crippen molar-refractivity contribution in [1.82, 2.24) is 20.3 Å². The molecule has 4 amide bonds. The van der Waals surface area contributed by atoms with Crippen LogP contribution in [-0.4, -0.2) is 97.4 Å². The van der Waals surface area contributed by atoms with Crippen molar-refractivity contribution in [3.63, 3.8) is 0 Å². The molecule has 6 unspecified atom stereocenters. The Bertz CT molecular complexity index is 1590. The topological polar surface area (TPSA) is 187 Å². The van der Waals surface area contributed by atoms with Gasteiger partial charge in [0.05, 0.1) is 24.3 Å². The molecule has 4 aliphatic rings. The minimum Gasteiger partial charge on any atom is -0.460 e. The maximum absolute atomic E-state index is 14.3. The van der Waals surface area contributed by atoms with Gasteiger partial charge in [-0.2, -0.15) is 0 Å². The SMILES string of the molecule is CCC(C(=O)OC1CC2C(=O)NC3(C(=O)NS(=O)(=O)C4CC4)CC3/C=C/COCCCC(NC(=O)OC(C)(C)C)C(=O)N2C1)c1ccccc1. The summed E-state index contributed by atoms with van der Waals surface area (Å²) in [6.07, 6.45) is 3.69. The van der Waals surface area contributed by atoms with Crippen molar-refractivity contribution in [3.8, 4) is 0 Å². The zero-order valence-electron chi connectivity index (χ0n) is 29.0. The molecule has 1 aromatic rings. The predicted octanol–water partition coefficient (Wildman–Crippen LogP) is 2.44. The van der Waals surface area contributed by atoms with Gasteiger partial charge in [0, 0.05) is 18.9 Å². The zero-order chi connectivity index (χ0) is 36.3. The molecule has 2 saturated carbocycles. The van der Waals surface area contributed by atoms with Crippen molar-refractivity contribution in [2.45, 2.75) is 113 Å². The molecular formula is C35H48N4O10S. The summed E-state index contributed by atoms with van der Waals surface area (Å²) in [5.41, 5.74) is -1.64. The summed E-state index contributed by atoms with van der Waals surface area (Å²) in [6, 6.07) is 6.84.